The van der Waals surface area contributed by atoms with Gasteiger partial charge in [0, 0.05) is 39.6 Å². The minimum Gasteiger partial charge on any atom is -0.383 e. The van der Waals surface area contributed by atoms with E-state index in [9.17, 15) is 14.4 Å². The molecule has 4 amide bonds. The summed E-state index contributed by atoms with van der Waals surface area (Å²) in [5.74, 6) is -0.0814. The molecule has 0 radical (unpaired) electrons. The van der Waals surface area contributed by atoms with Crippen molar-refractivity contribution in [3.05, 3.63) is 35.4 Å². The summed E-state index contributed by atoms with van der Waals surface area (Å²) < 4.78 is 4.89. The van der Waals surface area contributed by atoms with Gasteiger partial charge in [-0.3, -0.25) is 14.5 Å². The third-order valence-corrected chi connectivity index (χ3v) is 5.19. The standard InChI is InChI=1S/C20H27N3O4/c1-27-12-10-21-18(24)9-3-2-6-11-22-19(25)17-13-15-7-4-5-8-16(15)14-23(17)20(22)26/h4-5,7-8,17H,2-3,6,9-14H2,1H3,(H,21,24). The average Bonchev–Trinajstić information content (AvgIpc) is 2.90. The van der Waals surface area contributed by atoms with Crippen LogP contribution in [0, 0.1) is 0 Å². The van der Waals surface area contributed by atoms with Crippen LogP contribution in [0.1, 0.15) is 36.8 Å². The number of unbranched alkanes of at least 4 members (excludes halogenated alkanes) is 2. The fourth-order valence-electron chi connectivity index (χ4n) is 3.69. The monoisotopic (exact) mass is 373 g/mol. The quantitative estimate of drug-likeness (QED) is 0.528. The van der Waals surface area contributed by atoms with E-state index in [1.165, 1.54) is 4.90 Å². The zero-order valence-electron chi connectivity index (χ0n) is 15.8. The number of fused-ring (bicyclic) bond motifs is 2. The van der Waals surface area contributed by atoms with Crippen molar-refractivity contribution >= 4 is 17.8 Å². The van der Waals surface area contributed by atoms with Crippen molar-refractivity contribution in [2.45, 2.75) is 44.7 Å². The minimum atomic E-state index is -0.362. The number of imide groups is 1. The number of carbonyl (C=O) groups excluding carboxylic acids is 3. The first-order valence-corrected chi connectivity index (χ1v) is 9.56. The van der Waals surface area contributed by atoms with Crippen LogP contribution in [0.2, 0.25) is 0 Å². The molecular formula is C20H27N3O4. The molecule has 1 unspecified atom stereocenters. The zero-order chi connectivity index (χ0) is 19.2. The molecule has 0 aromatic heterocycles. The summed E-state index contributed by atoms with van der Waals surface area (Å²) in [6.07, 6.45) is 3.32. The number of rotatable bonds is 9. The topological polar surface area (TPSA) is 79.0 Å². The van der Waals surface area contributed by atoms with Crippen molar-refractivity contribution < 1.29 is 19.1 Å². The maximum absolute atomic E-state index is 12.7. The van der Waals surface area contributed by atoms with Gasteiger partial charge in [0.25, 0.3) is 5.91 Å². The molecule has 1 saturated heterocycles. The molecule has 27 heavy (non-hydrogen) atoms. The van der Waals surface area contributed by atoms with Gasteiger partial charge in [-0.15, -0.1) is 0 Å². The van der Waals surface area contributed by atoms with Crippen molar-refractivity contribution in [1.82, 2.24) is 15.1 Å². The summed E-state index contributed by atoms with van der Waals surface area (Å²) in [4.78, 5) is 40.0. The van der Waals surface area contributed by atoms with Crippen LogP contribution in [-0.2, 0) is 27.3 Å². The lowest BCUT2D eigenvalue weighted by atomic mass is 9.95. The highest BCUT2D eigenvalue weighted by Gasteiger charge is 2.46. The number of nitrogens with one attached hydrogen (secondary N) is 1. The van der Waals surface area contributed by atoms with Crippen molar-refractivity contribution in [1.29, 1.82) is 0 Å². The lowest BCUT2D eigenvalue weighted by molar-refractivity contribution is -0.128. The molecule has 2 aliphatic rings. The molecule has 0 bridgehead atoms. The van der Waals surface area contributed by atoms with Gasteiger partial charge in [-0.25, -0.2) is 4.79 Å². The lowest BCUT2D eigenvalue weighted by Gasteiger charge is -2.28. The van der Waals surface area contributed by atoms with Gasteiger partial charge >= 0.3 is 6.03 Å². The van der Waals surface area contributed by atoms with E-state index in [0.717, 1.165) is 30.4 Å². The third-order valence-electron chi connectivity index (χ3n) is 5.19. The Balaban J connectivity index is 1.42. The smallest absolute Gasteiger partial charge is 0.327 e. The Hall–Kier alpha value is -2.41. The second-order valence-corrected chi connectivity index (χ2v) is 7.04. The fraction of sp³-hybridized carbons (Fsp3) is 0.550. The molecule has 1 N–H and O–H groups in total. The van der Waals surface area contributed by atoms with Gasteiger partial charge in [0.1, 0.15) is 6.04 Å². The van der Waals surface area contributed by atoms with Gasteiger partial charge in [0.2, 0.25) is 5.91 Å². The molecule has 0 saturated carbocycles. The second-order valence-electron chi connectivity index (χ2n) is 7.04. The maximum atomic E-state index is 12.7. The van der Waals surface area contributed by atoms with E-state index in [-0.39, 0.29) is 23.9 Å². The molecule has 3 rings (SSSR count). The normalized spacial score (nSPS) is 18.5. The van der Waals surface area contributed by atoms with Crippen molar-refractivity contribution in [3.8, 4) is 0 Å². The van der Waals surface area contributed by atoms with Crippen molar-refractivity contribution in [3.63, 3.8) is 0 Å². The highest BCUT2D eigenvalue weighted by Crippen LogP contribution is 2.30. The Morgan fingerprint density at radius 2 is 1.96 bits per heavy atom. The molecule has 146 valence electrons. The van der Waals surface area contributed by atoms with E-state index < -0.39 is 0 Å². The van der Waals surface area contributed by atoms with Crippen LogP contribution in [0.4, 0.5) is 4.79 Å². The molecule has 1 fully saturated rings. The van der Waals surface area contributed by atoms with Gasteiger partial charge in [-0.05, 0) is 24.0 Å². The number of carbonyl (C=O) groups is 3. The van der Waals surface area contributed by atoms with E-state index in [1.54, 1.807) is 12.0 Å². The molecule has 7 nitrogen and oxygen atoms in total. The van der Waals surface area contributed by atoms with Crippen LogP contribution in [-0.4, -0.2) is 60.5 Å². The number of amides is 4. The number of ether oxygens (including phenoxy) is 1. The molecule has 7 heteroatoms. The Labute approximate surface area is 159 Å². The molecule has 1 atom stereocenters. The van der Waals surface area contributed by atoms with Crippen LogP contribution < -0.4 is 5.32 Å². The molecule has 1 aromatic rings. The molecular weight excluding hydrogens is 346 g/mol. The number of hydrogen-bond acceptors (Lipinski definition) is 4. The Kier molecular flexibility index (Phi) is 6.45. The summed E-state index contributed by atoms with van der Waals surface area (Å²) in [6.45, 7) is 1.95. The highest BCUT2D eigenvalue weighted by atomic mass is 16.5. The van der Waals surface area contributed by atoms with Crippen LogP contribution >= 0.6 is 0 Å². The molecule has 0 spiro atoms. The molecule has 2 heterocycles. The van der Waals surface area contributed by atoms with E-state index >= 15 is 0 Å². The molecule has 1 aromatic carbocycles. The number of benzene rings is 1. The lowest BCUT2D eigenvalue weighted by Crippen LogP contribution is -2.39. The van der Waals surface area contributed by atoms with Gasteiger partial charge in [-0.1, -0.05) is 30.7 Å². The summed E-state index contributed by atoms with van der Waals surface area (Å²) in [5.41, 5.74) is 2.28. The number of nitrogens with zero attached hydrogens (tertiary/aromatic N) is 2. The predicted molar refractivity (Wildman–Crippen MR) is 99.9 cm³/mol. The number of hydrogen-bond donors (Lipinski definition) is 1. The number of methoxy groups -OCH3 is 1. The Morgan fingerprint density at radius 1 is 1.19 bits per heavy atom. The molecule has 2 aliphatic heterocycles. The molecule has 0 aliphatic carbocycles. The fourth-order valence-corrected chi connectivity index (χ4v) is 3.69. The van der Waals surface area contributed by atoms with E-state index in [1.807, 2.05) is 24.3 Å². The van der Waals surface area contributed by atoms with E-state index in [0.29, 0.717) is 39.1 Å². The Bertz CT molecular complexity index is 663. The maximum Gasteiger partial charge on any atom is 0.327 e. The Morgan fingerprint density at radius 3 is 2.74 bits per heavy atom. The third kappa shape index (κ3) is 4.47. The van der Waals surface area contributed by atoms with Crippen LogP contribution in [0.3, 0.4) is 0 Å². The van der Waals surface area contributed by atoms with Gasteiger partial charge in [0.05, 0.1) is 6.61 Å². The SMILES string of the molecule is COCCNC(=O)CCCCCN1C(=O)C2Cc3ccccc3CN2C1=O. The first-order valence-electron chi connectivity index (χ1n) is 9.56. The highest BCUT2D eigenvalue weighted by molar-refractivity contribution is 6.04. The summed E-state index contributed by atoms with van der Waals surface area (Å²) in [6, 6.07) is 7.44. The van der Waals surface area contributed by atoms with Crippen molar-refractivity contribution in [2.24, 2.45) is 0 Å². The summed E-state index contributed by atoms with van der Waals surface area (Å²) >= 11 is 0. The van der Waals surface area contributed by atoms with E-state index in [2.05, 4.69) is 5.32 Å². The van der Waals surface area contributed by atoms with Crippen LogP contribution in [0.15, 0.2) is 24.3 Å². The zero-order valence-corrected chi connectivity index (χ0v) is 15.8. The van der Waals surface area contributed by atoms with Gasteiger partial charge in [0.15, 0.2) is 0 Å². The second kappa shape index (κ2) is 8.99. The van der Waals surface area contributed by atoms with Crippen molar-refractivity contribution in [2.75, 3.05) is 26.8 Å². The first-order chi connectivity index (χ1) is 13.1. The van der Waals surface area contributed by atoms with E-state index in [4.69, 9.17) is 4.74 Å². The van der Waals surface area contributed by atoms with Crippen LogP contribution in [0.5, 0.6) is 0 Å². The average molecular weight is 373 g/mol. The minimum absolute atomic E-state index is 0.00951. The van der Waals surface area contributed by atoms with Crippen LogP contribution in [0.25, 0.3) is 0 Å². The van der Waals surface area contributed by atoms with Gasteiger partial charge < -0.3 is 15.0 Å². The van der Waals surface area contributed by atoms with Gasteiger partial charge in [-0.2, -0.15) is 0 Å². The first kappa shape index (κ1) is 19.4. The number of urea groups is 1. The summed E-state index contributed by atoms with van der Waals surface area (Å²) in [5, 5.41) is 2.78. The summed E-state index contributed by atoms with van der Waals surface area (Å²) in [7, 11) is 1.60. The largest absolute Gasteiger partial charge is 0.383 e. The predicted octanol–water partition coefficient (Wildman–Crippen LogP) is 1.70.